The van der Waals surface area contributed by atoms with Crippen LogP contribution in [-0.2, 0) is 14.8 Å². The average molecular weight is 353 g/mol. The molecule has 0 aliphatic carbocycles. The first kappa shape index (κ1) is 17.5. The highest BCUT2D eigenvalue weighted by molar-refractivity contribution is 7.92. The molecule has 1 atom stereocenters. The Labute approximate surface area is 140 Å². The molecule has 0 spiro atoms. The van der Waals surface area contributed by atoms with Crippen molar-refractivity contribution < 1.29 is 17.9 Å². The summed E-state index contributed by atoms with van der Waals surface area (Å²) in [5, 5.41) is 1.64. The number of rotatable bonds is 6. The van der Waals surface area contributed by atoms with E-state index in [1.54, 1.807) is 23.6 Å². The highest BCUT2D eigenvalue weighted by Crippen LogP contribution is 2.27. The van der Waals surface area contributed by atoms with E-state index in [4.69, 9.17) is 0 Å². The summed E-state index contributed by atoms with van der Waals surface area (Å²) in [7, 11) is -2.49. The van der Waals surface area contributed by atoms with Gasteiger partial charge in [-0.3, -0.25) is 4.72 Å². The van der Waals surface area contributed by atoms with Gasteiger partial charge in [0.25, 0.3) is 10.0 Å². The SMILES string of the molecule is CCC(C)c1ccc(S(=O)(=O)Nc2ccsc2C(=O)OC)cc1. The number of benzene rings is 1. The Kier molecular flexibility index (Phi) is 5.43. The standard InChI is InChI=1S/C16H19NO4S2/c1-4-11(2)12-5-7-13(8-6-12)23(19,20)17-14-9-10-22-15(14)16(18)21-3/h5-11,17H,4H2,1-3H3. The zero-order valence-corrected chi connectivity index (χ0v) is 14.8. The Morgan fingerprint density at radius 2 is 1.91 bits per heavy atom. The number of ether oxygens (including phenoxy) is 1. The molecule has 23 heavy (non-hydrogen) atoms. The molecule has 0 aliphatic heterocycles. The highest BCUT2D eigenvalue weighted by atomic mass is 32.2. The lowest BCUT2D eigenvalue weighted by atomic mass is 9.99. The molecule has 0 fully saturated rings. The topological polar surface area (TPSA) is 72.5 Å². The molecule has 0 aliphatic rings. The van der Waals surface area contributed by atoms with Crippen LogP contribution in [0.1, 0.15) is 41.4 Å². The van der Waals surface area contributed by atoms with Crippen LogP contribution < -0.4 is 4.72 Å². The monoisotopic (exact) mass is 353 g/mol. The lowest BCUT2D eigenvalue weighted by Crippen LogP contribution is -2.14. The Morgan fingerprint density at radius 3 is 2.48 bits per heavy atom. The fourth-order valence-corrected chi connectivity index (χ4v) is 3.96. The van der Waals surface area contributed by atoms with Gasteiger partial charge in [0.15, 0.2) is 0 Å². The predicted molar refractivity (Wildman–Crippen MR) is 91.6 cm³/mol. The quantitative estimate of drug-likeness (QED) is 0.801. The van der Waals surface area contributed by atoms with Crippen molar-refractivity contribution >= 4 is 33.0 Å². The van der Waals surface area contributed by atoms with E-state index < -0.39 is 16.0 Å². The summed E-state index contributed by atoms with van der Waals surface area (Å²) in [6.07, 6.45) is 0.988. The van der Waals surface area contributed by atoms with E-state index in [9.17, 15) is 13.2 Å². The number of hydrogen-bond acceptors (Lipinski definition) is 5. The number of carbonyl (C=O) groups is 1. The first-order valence-electron chi connectivity index (χ1n) is 7.17. The lowest BCUT2D eigenvalue weighted by Gasteiger charge is -2.11. The molecule has 2 aromatic rings. The first-order chi connectivity index (χ1) is 10.9. The molecule has 5 nitrogen and oxygen atoms in total. The Morgan fingerprint density at radius 1 is 1.26 bits per heavy atom. The minimum atomic E-state index is -3.75. The highest BCUT2D eigenvalue weighted by Gasteiger charge is 2.20. The number of carbonyl (C=O) groups excluding carboxylic acids is 1. The summed E-state index contributed by atoms with van der Waals surface area (Å²) in [6, 6.07) is 8.33. The molecule has 1 heterocycles. The van der Waals surface area contributed by atoms with Gasteiger partial charge in [-0.25, -0.2) is 13.2 Å². The van der Waals surface area contributed by atoms with Gasteiger partial charge < -0.3 is 4.74 Å². The predicted octanol–water partition coefficient (Wildman–Crippen LogP) is 3.85. The van der Waals surface area contributed by atoms with Gasteiger partial charge in [0, 0.05) is 0 Å². The number of hydrogen-bond donors (Lipinski definition) is 1. The van der Waals surface area contributed by atoms with Gasteiger partial charge in [-0.2, -0.15) is 0 Å². The van der Waals surface area contributed by atoms with Crippen molar-refractivity contribution in [1.82, 2.24) is 0 Å². The number of methoxy groups -OCH3 is 1. The number of anilines is 1. The smallest absolute Gasteiger partial charge is 0.350 e. The molecule has 1 aromatic heterocycles. The van der Waals surface area contributed by atoms with Crippen molar-refractivity contribution in [3.8, 4) is 0 Å². The molecule has 1 aromatic carbocycles. The fourth-order valence-electron chi connectivity index (χ4n) is 2.06. The van der Waals surface area contributed by atoms with E-state index in [0.717, 1.165) is 23.3 Å². The van der Waals surface area contributed by atoms with Gasteiger partial charge in [0.05, 0.1) is 17.7 Å². The van der Waals surface area contributed by atoms with Gasteiger partial charge in [-0.15, -0.1) is 11.3 Å². The van der Waals surface area contributed by atoms with E-state index in [-0.39, 0.29) is 15.5 Å². The van der Waals surface area contributed by atoms with E-state index in [0.29, 0.717) is 5.92 Å². The summed E-state index contributed by atoms with van der Waals surface area (Å²) >= 11 is 1.13. The van der Waals surface area contributed by atoms with Crippen molar-refractivity contribution in [3.63, 3.8) is 0 Å². The van der Waals surface area contributed by atoms with Gasteiger partial charge in [-0.05, 0) is 41.5 Å². The molecule has 0 amide bonds. The van der Waals surface area contributed by atoms with Crippen LogP contribution >= 0.6 is 11.3 Å². The maximum Gasteiger partial charge on any atom is 0.350 e. The van der Waals surface area contributed by atoms with E-state index in [1.165, 1.54) is 7.11 Å². The van der Waals surface area contributed by atoms with Crippen LogP contribution in [0.3, 0.4) is 0 Å². The molecule has 124 valence electrons. The van der Waals surface area contributed by atoms with Crippen molar-refractivity contribution in [2.75, 3.05) is 11.8 Å². The second kappa shape index (κ2) is 7.14. The molecule has 1 unspecified atom stereocenters. The molecular formula is C16H19NO4S2. The molecular weight excluding hydrogens is 334 g/mol. The van der Waals surface area contributed by atoms with Crippen LogP contribution in [0.25, 0.3) is 0 Å². The molecule has 0 bridgehead atoms. The summed E-state index contributed by atoms with van der Waals surface area (Å²) in [4.78, 5) is 12.0. The van der Waals surface area contributed by atoms with Gasteiger partial charge in [0.1, 0.15) is 4.88 Å². The van der Waals surface area contributed by atoms with Crippen LogP contribution in [0.5, 0.6) is 0 Å². The van der Waals surface area contributed by atoms with Crippen molar-refractivity contribution in [2.24, 2.45) is 0 Å². The first-order valence-corrected chi connectivity index (χ1v) is 9.54. The second-order valence-corrected chi connectivity index (χ2v) is 7.74. The molecule has 7 heteroatoms. The van der Waals surface area contributed by atoms with E-state index in [1.807, 2.05) is 12.1 Å². The van der Waals surface area contributed by atoms with Crippen LogP contribution in [-0.4, -0.2) is 21.5 Å². The van der Waals surface area contributed by atoms with Crippen LogP contribution in [0.4, 0.5) is 5.69 Å². The third kappa shape index (κ3) is 3.92. The number of nitrogens with one attached hydrogen (secondary N) is 1. The van der Waals surface area contributed by atoms with Gasteiger partial charge >= 0.3 is 5.97 Å². The van der Waals surface area contributed by atoms with E-state index in [2.05, 4.69) is 23.3 Å². The van der Waals surface area contributed by atoms with Crippen LogP contribution in [0, 0.1) is 0 Å². The summed E-state index contributed by atoms with van der Waals surface area (Å²) < 4.78 is 32.0. The largest absolute Gasteiger partial charge is 0.465 e. The second-order valence-electron chi connectivity index (χ2n) is 5.14. The molecule has 0 saturated carbocycles. The third-order valence-corrected chi connectivity index (χ3v) is 5.93. The molecule has 0 radical (unpaired) electrons. The maximum atomic E-state index is 12.5. The molecule has 2 rings (SSSR count). The van der Waals surface area contributed by atoms with Crippen molar-refractivity contribution in [3.05, 3.63) is 46.2 Å². The molecule has 1 N–H and O–H groups in total. The summed E-state index contributed by atoms with van der Waals surface area (Å²) in [5.74, 6) is -0.188. The fraction of sp³-hybridized carbons (Fsp3) is 0.312. The van der Waals surface area contributed by atoms with Gasteiger partial charge in [0.2, 0.25) is 0 Å². The number of thiophene rings is 1. The number of esters is 1. The normalized spacial score (nSPS) is 12.7. The third-order valence-electron chi connectivity index (χ3n) is 3.65. The maximum absolute atomic E-state index is 12.5. The minimum Gasteiger partial charge on any atom is -0.465 e. The summed E-state index contributed by atoms with van der Waals surface area (Å²) in [6.45, 7) is 4.18. The minimum absolute atomic E-state index is 0.159. The number of sulfonamides is 1. The Bertz CT molecular complexity index is 779. The zero-order chi connectivity index (χ0) is 17.0. The molecule has 0 saturated heterocycles. The van der Waals surface area contributed by atoms with Crippen LogP contribution in [0.15, 0.2) is 40.6 Å². The lowest BCUT2D eigenvalue weighted by molar-refractivity contribution is 0.0607. The summed E-state index contributed by atoms with van der Waals surface area (Å²) in [5.41, 5.74) is 1.32. The Balaban J connectivity index is 2.26. The van der Waals surface area contributed by atoms with E-state index >= 15 is 0 Å². The zero-order valence-electron chi connectivity index (χ0n) is 13.2. The average Bonchev–Trinajstić information content (AvgIpc) is 3.00. The van der Waals surface area contributed by atoms with Crippen molar-refractivity contribution in [1.29, 1.82) is 0 Å². The Hall–Kier alpha value is -1.86. The van der Waals surface area contributed by atoms with Gasteiger partial charge in [-0.1, -0.05) is 26.0 Å². The van der Waals surface area contributed by atoms with Crippen LogP contribution in [0.2, 0.25) is 0 Å². The van der Waals surface area contributed by atoms with Crippen molar-refractivity contribution in [2.45, 2.75) is 31.1 Å².